The smallest absolute Gasteiger partial charge is 0.227 e. The molecule has 0 unspecified atom stereocenters. The highest BCUT2D eigenvalue weighted by atomic mass is 35.5. The molecule has 0 aromatic heterocycles. The molecule has 1 atom stereocenters. The Morgan fingerprint density at radius 2 is 1.83 bits per heavy atom. The molecule has 0 radical (unpaired) electrons. The van der Waals surface area contributed by atoms with Crippen LogP contribution in [0, 0.1) is 0 Å². The monoisotopic (exact) mass is 428 g/mol. The Balaban J connectivity index is 2.04. The van der Waals surface area contributed by atoms with Gasteiger partial charge in [0.25, 0.3) is 0 Å². The first kappa shape index (κ1) is 20.0. The van der Waals surface area contributed by atoms with Crippen LogP contribution in [0.3, 0.4) is 0 Å². The summed E-state index contributed by atoms with van der Waals surface area (Å²) in [5.74, 6) is -0.0308. The highest BCUT2D eigenvalue weighted by Crippen LogP contribution is 2.48. The zero-order valence-corrected chi connectivity index (χ0v) is 17.7. The maximum atomic E-state index is 13.4. The molecule has 2 aromatic carbocycles. The van der Waals surface area contributed by atoms with E-state index in [1.165, 1.54) is 0 Å². The quantitative estimate of drug-likeness (QED) is 0.623. The molecule has 0 fully saturated rings. The second-order valence-electron chi connectivity index (χ2n) is 7.36. The molecule has 1 N–H and O–H groups in total. The lowest BCUT2D eigenvalue weighted by Crippen LogP contribution is -2.38. The molecule has 0 spiro atoms. The highest BCUT2D eigenvalue weighted by molar-refractivity contribution is 6.36. The van der Waals surface area contributed by atoms with Gasteiger partial charge in [-0.25, -0.2) is 0 Å². The molecule has 2 aromatic rings. The number of nitrogens with zero attached hydrogens (tertiary/aromatic N) is 1. The van der Waals surface area contributed by atoms with E-state index in [0.29, 0.717) is 40.4 Å². The van der Waals surface area contributed by atoms with E-state index in [1.54, 1.807) is 23.1 Å². The predicted molar refractivity (Wildman–Crippen MR) is 118 cm³/mol. The Kier molecular flexibility index (Phi) is 5.66. The van der Waals surface area contributed by atoms with E-state index in [0.717, 1.165) is 29.9 Å². The van der Waals surface area contributed by atoms with Crippen LogP contribution >= 0.6 is 23.2 Å². The SMILES string of the molecule is CCCC(=O)N1c2ccccc2NC2=C(C(=O)CCC2)[C@H]1c1c(Cl)cccc1Cl. The summed E-state index contributed by atoms with van der Waals surface area (Å²) in [6, 6.07) is 12.3. The minimum absolute atomic E-state index is 0.0295. The lowest BCUT2D eigenvalue weighted by atomic mass is 9.85. The molecule has 0 bridgehead atoms. The van der Waals surface area contributed by atoms with Crippen molar-refractivity contribution in [3.63, 3.8) is 0 Å². The number of anilines is 2. The molecule has 1 heterocycles. The molecule has 1 amide bonds. The number of nitrogens with one attached hydrogen (secondary N) is 1. The second kappa shape index (κ2) is 8.21. The fourth-order valence-corrected chi connectivity index (χ4v) is 4.79. The van der Waals surface area contributed by atoms with Crippen molar-refractivity contribution >= 4 is 46.3 Å². The maximum absolute atomic E-state index is 13.4. The average molecular weight is 429 g/mol. The third kappa shape index (κ3) is 3.56. The summed E-state index contributed by atoms with van der Waals surface area (Å²) in [6.07, 6.45) is 3.03. The van der Waals surface area contributed by atoms with Crippen LogP contribution in [0.2, 0.25) is 10.0 Å². The number of benzene rings is 2. The minimum Gasteiger partial charge on any atom is -0.357 e. The largest absolute Gasteiger partial charge is 0.357 e. The predicted octanol–water partition coefficient (Wildman–Crippen LogP) is 6.30. The van der Waals surface area contributed by atoms with E-state index >= 15 is 0 Å². The Morgan fingerprint density at radius 3 is 2.55 bits per heavy atom. The summed E-state index contributed by atoms with van der Waals surface area (Å²) < 4.78 is 0. The molecular formula is C23H22Cl2N2O2. The summed E-state index contributed by atoms with van der Waals surface area (Å²) >= 11 is 13.2. The van der Waals surface area contributed by atoms with Crippen LogP contribution in [0.5, 0.6) is 0 Å². The van der Waals surface area contributed by atoms with Crippen molar-refractivity contribution in [3.8, 4) is 0 Å². The van der Waals surface area contributed by atoms with Crippen molar-refractivity contribution in [2.75, 3.05) is 10.2 Å². The molecule has 1 aliphatic heterocycles. The fourth-order valence-electron chi connectivity index (χ4n) is 4.19. The van der Waals surface area contributed by atoms with E-state index < -0.39 is 6.04 Å². The van der Waals surface area contributed by atoms with Crippen LogP contribution in [0.4, 0.5) is 11.4 Å². The molecule has 6 heteroatoms. The topological polar surface area (TPSA) is 49.4 Å². The lowest BCUT2D eigenvalue weighted by molar-refractivity contribution is -0.119. The Labute approximate surface area is 180 Å². The third-order valence-corrected chi connectivity index (χ3v) is 6.10. The van der Waals surface area contributed by atoms with Crippen molar-refractivity contribution in [2.45, 2.75) is 45.1 Å². The van der Waals surface area contributed by atoms with Gasteiger partial charge in [-0.3, -0.25) is 14.5 Å². The number of para-hydroxylation sites is 2. The summed E-state index contributed by atoms with van der Waals surface area (Å²) in [6.45, 7) is 1.97. The molecule has 4 nitrogen and oxygen atoms in total. The number of hydrogen-bond donors (Lipinski definition) is 1. The summed E-state index contributed by atoms with van der Waals surface area (Å²) in [4.78, 5) is 28.2. The van der Waals surface area contributed by atoms with Crippen molar-refractivity contribution in [3.05, 3.63) is 69.3 Å². The van der Waals surface area contributed by atoms with E-state index in [9.17, 15) is 9.59 Å². The van der Waals surface area contributed by atoms with Gasteiger partial charge in [0.05, 0.1) is 17.4 Å². The van der Waals surface area contributed by atoms with E-state index in [2.05, 4.69) is 5.32 Å². The lowest BCUT2D eigenvalue weighted by Gasteiger charge is -2.34. The summed E-state index contributed by atoms with van der Waals surface area (Å²) in [5, 5.41) is 4.33. The number of allylic oxidation sites excluding steroid dienone is 1. The van der Waals surface area contributed by atoms with Gasteiger partial charge in [0.2, 0.25) is 5.91 Å². The molecule has 0 saturated heterocycles. The average Bonchev–Trinajstić information content (AvgIpc) is 2.83. The van der Waals surface area contributed by atoms with Gasteiger partial charge in [0.1, 0.15) is 0 Å². The van der Waals surface area contributed by atoms with Crippen LogP contribution in [0.1, 0.15) is 50.6 Å². The Hall–Kier alpha value is -2.30. The van der Waals surface area contributed by atoms with Crippen molar-refractivity contribution in [2.24, 2.45) is 0 Å². The van der Waals surface area contributed by atoms with Crippen molar-refractivity contribution in [1.29, 1.82) is 0 Å². The number of carbonyl (C=O) groups excluding carboxylic acids is 2. The van der Waals surface area contributed by atoms with Gasteiger partial charge in [0, 0.05) is 39.7 Å². The second-order valence-corrected chi connectivity index (χ2v) is 8.18. The van der Waals surface area contributed by atoms with Gasteiger partial charge in [0.15, 0.2) is 5.78 Å². The van der Waals surface area contributed by atoms with Crippen LogP contribution < -0.4 is 10.2 Å². The number of hydrogen-bond acceptors (Lipinski definition) is 3. The van der Waals surface area contributed by atoms with Gasteiger partial charge >= 0.3 is 0 Å². The molecule has 150 valence electrons. The van der Waals surface area contributed by atoms with Gasteiger partial charge in [-0.15, -0.1) is 0 Å². The zero-order chi connectivity index (χ0) is 20.5. The summed E-state index contributed by atoms with van der Waals surface area (Å²) in [5.41, 5.74) is 3.58. The van der Waals surface area contributed by atoms with Crippen molar-refractivity contribution in [1.82, 2.24) is 0 Å². The number of ketones is 1. The van der Waals surface area contributed by atoms with E-state index in [-0.39, 0.29) is 11.7 Å². The number of rotatable bonds is 3. The van der Waals surface area contributed by atoms with Gasteiger partial charge in [-0.2, -0.15) is 0 Å². The Morgan fingerprint density at radius 1 is 1.10 bits per heavy atom. The van der Waals surface area contributed by atoms with Crippen LogP contribution in [0.15, 0.2) is 53.7 Å². The summed E-state index contributed by atoms with van der Waals surface area (Å²) in [7, 11) is 0. The number of halogens is 2. The minimum atomic E-state index is -0.658. The zero-order valence-electron chi connectivity index (χ0n) is 16.2. The molecule has 4 rings (SSSR count). The van der Waals surface area contributed by atoms with E-state index in [1.807, 2.05) is 31.2 Å². The third-order valence-electron chi connectivity index (χ3n) is 5.44. The number of amides is 1. The normalized spacial score (nSPS) is 18.7. The standard InChI is InChI=1S/C23H22Cl2N2O2/c1-2-7-20(29)27-18-12-4-3-10-16(18)26-17-11-6-13-19(28)22(17)23(27)21-14(24)8-5-9-15(21)25/h3-5,8-10,12,23,26H,2,6-7,11,13H2,1H3/t23-/m1/s1. The first-order chi connectivity index (χ1) is 14.0. The number of Topliss-reactive ketones (excluding diaryl/α,β-unsaturated/α-hetero) is 1. The van der Waals surface area contributed by atoms with Crippen molar-refractivity contribution < 1.29 is 9.59 Å². The molecule has 2 aliphatic rings. The molecule has 0 saturated carbocycles. The number of fused-ring (bicyclic) bond motifs is 1. The molecular weight excluding hydrogens is 407 g/mol. The van der Waals surface area contributed by atoms with Gasteiger partial charge < -0.3 is 5.32 Å². The van der Waals surface area contributed by atoms with Crippen LogP contribution in [-0.2, 0) is 9.59 Å². The first-order valence-corrected chi connectivity index (χ1v) is 10.7. The fraction of sp³-hybridized carbons (Fsp3) is 0.304. The number of carbonyl (C=O) groups is 2. The van der Waals surface area contributed by atoms with Gasteiger partial charge in [-0.1, -0.05) is 48.3 Å². The first-order valence-electron chi connectivity index (χ1n) is 9.91. The van der Waals surface area contributed by atoms with E-state index in [4.69, 9.17) is 23.2 Å². The van der Waals surface area contributed by atoms with Crippen LogP contribution in [0.25, 0.3) is 0 Å². The Bertz CT molecular complexity index is 995. The maximum Gasteiger partial charge on any atom is 0.227 e. The molecule has 29 heavy (non-hydrogen) atoms. The van der Waals surface area contributed by atoms with Crippen LogP contribution in [-0.4, -0.2) is 11.7 Å². The van der Waals surface area contributed by atoms with Gasteiger partial charge in [-0.05, 0) is 43.5 Å². The highest BCUT2D eigenvalue weighted by Gasteiger charge is 2.40. The molecule has 1 aliphatic carbocycles.